The third kappa shape index (κ3) is 3.20. The molecule has 0 aliphatic heterocycles. The number of halogens is 2. The molecule has 2 aromatic carbocycles. The summed E-state index contributed by atoms with van der Waals surface area (Å²) in [7, 11) is 0. The zero-order chi connectivity index (χ0) is 14.5. The topological polar surface area (TPSA) is 45.1 Å². The van der Waals surface area contributed by atoms with Crippen molar-refractivity contribution in [3.63, 3.8) is 0 Å². The van der Waals surface area contributed by atoms with Gasteiger partial charge >= 0.3 is 0 Å². The molecule has 0 unspecified atom stereocenters. The van der Waals surface area contributed by atoms with Gasteiger partial charge in [0.15, 0.2) is 17.4 Å². The summed E-state index contributed by atoms with van der Waals surface area (Å²) in [5.41, 5.74) is 1.12. The van der Waals surface area contributed by atoms with Gasteiger partial charge in [0.1, 0.15) is 5.75 Å². The van der Waals surface area contributed by atoms with E-state index in [-0.39, 0.29) is 0 Å². The van der Waals surface area contributed by atoms with Gasteiger partial charge in [0.25, 0.3) is 0 Å². The van der Waals surface area contributed by atoms with E-state index in [1.165, 1.54) is 6.07 Å². The summed E-state index contributed by atoms with van der Waals surface area (Å²) in [4.78, 5) is 0. The second kappa shape index (κ2) is 5.97. The summed E-state index contributed by atoms with van der Waals surface area (Å²) < 4.78 is 32.0. The van der Waals surface area contributed by atoms with Gasteiger partial charge in [0.05, 0.1) is 0 Å². The average Bonchev–Trinajstić information content (AvgIpc) is 2.44. The van der Waals surface area contributed by atoms with E-state index >= 15 is 0 Å². The van der Waals surface area contributed by atoms with Crippen LogP contribution < -0.4 is 10.1 Å². The first-order valence-electron chi connectivity index (χ1n) is 5.78. The molecule has 0 spiro atoms. The largest absolute Gasteiger partial charge is 0.451 e. The highest BCUT2D eigenvalue weighted by Crippen LogP contribution is 2.28. The summed E-state index contributed by atoms with van der Waals surface area (Å²) in [5, 5.41) is 9.87. The molecule has 20 heavy (non-hydrogen) atoms. The molecule has 102 valence electrons. The van der Waals surface area contributed by atoms with Crippen LogP contribution >= 0.6 is 0 Å². The van der Waals surface area contributed by atoms with Crippen LogP contribution in [0.5, 0.6) is 11.5 Å². The molecule has 0 heterocycles. The predicted octanol–water partition coefficient (Wildman–Crippen LogP) is 4.33. The summed E-state index contributed by atoms with van der Waals surface area (Å²) in [6.07, 6.45) is 1.08. The SMILES string of the molecule is C=C(C=N)Nc1ccc(Oc2c(F)cccc2F)cc1. The maximum absolute atomic E-state index is 13.4. The number of hydrogen-bond acceptors (Lipinski definition) is 3. The van der Waals surface area contributed by atoms with Gasteiger partial charge < -0.3 is 15.5 Å². The minimum Gasteiger partial charge on any atom is -0.451 e. The van der Waals surface area contributed by atoms with Crippen LogP contribution in [0.4, 0.5) is 14.5 Å². The van der Waals surface area contributed by atoms with Gasteiger partial charge in [0, 0.05) is 17.6 Å². The monoisotopic (exact) mass is 274 g/mol. The van der Waals surface area contributed by atoms with E-state index in [1.54, 1.807) is 24.3 Å². The number of anilines is 1. The van der Waals surface area contributed by atoms with E-state index in [0.717, 1.165) is 18.3 Å². The fraction of sp³-hybridized carbons (Fsp3) is 0. The van der Waals surface area contributed by atoms with E-state index in [9.17, 15) is 8.78 Å². The fourth-order valence-electron chi connectivity index (χ4n) is 1.53. The smallest absolute Gasteiger partial charge is 0.198 e. The maximum Gasteiger partial charge on any atom is 0.198 e. The Balaban J connectivity index is 2.15. The lowest BCUT2D eigenvalue weighted by Crippen LogP contribution is -1.98. The summed E-state index contributed by atoms with van der Waals surface area (Å²) in [6, 6.07) is 9.96. The van der Waals surface area contributed by atoms with Crippen LogP contribution in [0.1, 0.15) is 0 Å². The van der Waals surface area contributed by atoms with Gasteiger partial charge in [-0.3, -0.25) is 0 Å². The highest BCUT2D eigenvalue weighted by molar-refractivity contribution is 5.79. The molecule has 0 atom stereocenters. The van der Waals surface area contributed by atoms with Crippen molar-refractivity contribution in [3.05, 3.63) is 66.4 Å². The summed E-state index contributed by atoms with van der Waals surface area (Å²) in [6.45, 7) is 3.60. The van der Waals surface area contributed by atoms with Crippen LogP contribution in [0.15, 0.2) is 54.7 Å². The third-order valence-electron chi connectivity index (χ3n) is 2.47. The highest BCUT2D eigenvalue weighted by Gasteiger charge is 2.10. The first kappa shape index (κ1) is 13.7. The minimum atomic E-state index is -0.760. The lowest BCUT2D eigenvalue weighted by Gasteiger charge is -2.09. The predicted molar refractivity (Wildman–Crippen MR) is 74.4 cm³/mol. The van der Waals surface area contributed by atoms with E-state index < -0.39 is 17.4 Å². The van der Waals surface area contributed by atoms with Gasteiger partial charge in [0.2, 0.25) is 0 Å². The Morgan fingerprint density at radius 2 is 1.70 bits per heavy atom. The lowest BCUT2D eigenvalue weighted by atomic mass is 10.3. The molecule has 2 N–H and O–H groups in total. The Kier molecular flexibility index (Phi) is 4.10. The molecule has 0 aliphatic carbocycles. The number of benzene rings is 2. The fourth-order valence-corrected chi connectivity index (χ4v) is 1.53. The van der Waals surface area contributed by atoms with Crippen molar-refractivity contribution in [2.45, 2.75) is 0 Å². The van der Waals surface area contributed by atoms with E-state index in [0.29, 0.717) is 17.1 Å². The second-order valence-electron chi connectivity index (χ2n) is 3.97. The molecule has 0 saturated heterocycles. The molecular weight excluding hydrogens is 262 g/mol. The van der Waals surface area contributed by atoms with Crippen molar-refractivity contribution < 1.29 is 13.5 Å². The van der Waals surface area contributed by atoms with Crippen LogP contribution in [0.3, 0.4) is 0 Å². The first-order chi connectivity index (χ1) is 9.60. The van der Waals surface area contributed by atoms with E-state index in [1.807, 2.05) is 0 Å². The quantitative estimate of drug-likeness (QED) is 0.797. The van der Waals surface area contributed by atoms with Crippen LogP contribution in [0, 0.1) is 17.0 Å². The molecule has 2 aromatic rings. The summed E-state index contributed by atoms with van der Waals surface area (Å²) in [5.74, 6) is -1.65. The third-order valence-corrected chi connectivity index (χ3v) is 2.47. The highest BCUT2D eigenvalue weighted by atomic mass is 19.1. The van der Waals surface area contributed by atoms with Crippen molar-refractivity contribution in [3.8, 4) is 11.5 Å². The van der Waals surface area contributed by atoms with Crippen molar-refractivity contribution in [1.82, 2.24) is 0 Å². The Morgan fingerprint density at radius 1 is 1.10 bits per heavy atom. The average molecular weight is 274 g/mol. The minimum absolute atomic E-state index is 0.306. The molecule has 0 amide bonds. The van der Waals surface area contributed by atoms with Crippen molar-refractivity contribution in [2.24, 2.45) is 0 Å². The maximum atomic E-state index is 13.4. The summed E-state index contributed by atoms with van der Waals surface area (Å²) >= 11 is 0. The van der Waals surface area contributed by atoms with Gasteiger partial charge in [-0.1, -0.05) is 12.6 Å². The van der Waals surface area contributed by atoms with Crippen molar-refractivity contribution in [2.75, 3.05) is 5.32 Å². The molecule has 0 aromatic heterocycles. The number of allylic oxidation sites excluding steroid dienone is 1. The number of para-hydroxylation sites is 1. The Labute approximate surface area is 115 Å². The molecule has 0 fully saturated rings. The van der Waals surface area contributed by atoms with Gasteiger partial charge in [-0.25, -0.2) is 8.78 Å². The molecule has 0 radical (unpaired) electrons. The van der Waals surface area contributed by atoms with Crippen LogP contribution in [-0.2, 0) is 0 Å². The second-order valence-corrected chi connectivity index (χ2v) is 3.97. The van der Waals surface area contributed by atoms with E-state index in [4.69, 9.17) is 10.1 Å². The Bertz CT molecular complexity index is 619. The zero-order valence-corrected chi connectivity index (χ0v) is 10.5. The number of rotatable bonds is 5. The number of hydrogen-bond donors (Lipinski definition) is 2. The molecule has 0 saturated carbocycles. The van der Waals surface area contributed by atoms with E-state index in [2.05, 4.69) is 11.9 Å². The van der Waals surface area contributed by atoms with Crippen molar-refractivity contribution >= 4 is 11.9 Å². The number of nitrogens with one attached hydrogen (secondary N) is 2. The van der Waals surface area contributed by atoms with Gasteiger partial charge in [-0.05, 0) is 36.4 Å². The van der Waals surface area contributed by atoms with Gasteiger partial charge in [-0.2, -0.15) is 0 Å². The first-order valence-corrected chi connectivity index (χ1v) is 5.78. The number of ether oxygens (including phenoxy) is 1. The molecule has 0 bridgehead atoms. The molecular formula is C15H12F2N2O. The normalized spacial score (nSPS) is 9.90. The zero-order valence-electron chi connectivity index (χ0n) is 10.5. The molecule has 2 rings (SSSR count). The standard InChI is InChI=1S/C15H12F2N2O/c1-10(9-18)19-11-5-7-12(8-6-11)20-15-13(16)3-2-4-14(15)17/h2-9,18-19H,1H2. The van der Waals surface area contributed by atoms with Crippen LogP contribution in [-0.4, -0.2) is 6.21 Å². The molecule has 0 aliphatic rings. The Morgan fingerprint density at radius 3 is 2.25 bits per heavy atom. The van der Waals surface area contributed by atoms with Gasteiger partial charge in [-0.15, -0.1) is 0 Å². The van der Waals surface area contributed by atoms with Crippen LogP contribution in [0.25, 0.3) is 0 Å². The lowest BCUT2D eigenvalue weighted by molar-refractivity contribution is 0.407. The van der Waals surface area contributed by atoms with Crippen molar-refractivity contribution in [1.29, 1.82) is 5.41 Å². The molecule has 5 heteroatoms. The van der Waals surface area contributed by atoms with Crippen LogP contribution in [0.2, 0.25) is 0 Å². The molecule has 3 nitrogen and oxygen atoms in total. The Hall–Kier alpha value is -2.69.